The third-order valence-electron chi connectivity index (χ3n) is 4.28. The fraction of sp³-hybridized carbons (Fsp3) is 0.923. The number of nitrogens with one attached hydrogen (secondary N) is 2. The summed E-state index contributed by atoms with van der Waals surface area (Å²) < 4.78 is 49.5. The number of hydrogen-bond acceptors (Lipinski definition) is 2. The number of hydrogen-bond donors (Lipinski definition) is 2. The molecule has 3 unspecified atom stereocenters. The van der Waals surface area contributed by atoms with Gasteiger partial charge in [0, 0.05) is 6.04 Å². The Bertz CT molecular complexity index is 351. The van der Waals surface area contributed by atoms with Crippen LogP contribution in [0.3, 0.4) is 0 Å². The summed E-state index contributed by atoms with van der Waals surface area (Å²) in [6.45, 7) is -1.31. The minimum atomic E-state index is -4.17. The molecule has 1 amide bonds. The monoisotopic (exact) mass is 296 g/mol. The summed E-state index contributed by atoms with van der Waals surface area (Å²) in [5.41, 5.74) is 0. The van der Waals surface area contributed by atoms with E-state index in [1.165, 1.54) is 6.42 Å². The van der Waals surface area contributed by atoms with Crippen LogP contribution in [0.15, 0.2) is 0 Å². The number of fused-ring (bicyclic) bond motifs is 1. The van der Waals surface area contributed by atoms with E-state index in [1.807, 2.05) is 5.32 Å². The minimum absolute atomic E-state index is 0.254. The number of carbonyl (C=O) groups excluding carboxylic acids is 1. The van der Waals surface area contributed by atoms with Crippen molar-refractivity contribution in [3.05, 3.63) is 0 Å². The van der Waals surface area contributed by atoms with E-state index in [2.05, 4.69) is 5.32 Å². The molecule has 0 aromatic carbocycles. The van der Waals surface area contributed by atoms with Crippen molar-refractivity contribution in [1.29, 1.82) is 0 Å². The highest BCUT2D eigenvalue weighted by Gasteiger charge is 2.42. The summed E-state index contributed by atoms with van der Waals surface area (Å²) in [5.74, 6) is -4.22. The van der Waals surface area contributed by atoms with Gasteiger partial charge in [0.25, 0.3) is 0 Å². The van der Waals surface area contributed by atoms with Crippen LogP contribution >= 0.6 is 0 Å². The van der Waals surface area contributed by atoms with Crippen LogP contribution < -0.4 is 10.6 Å². The lowest BCUT2D eigenvalue weighted by molar-refractivity contribution is -0.138. The van der Waals surface area contributed by atoms with Gasteiger partial charge in [0.2, 0.25) is 5.91 Å². The molecule has 1 saturated carbocycles. The van der Waals surface area contributed by atoms with Gasteiger partial charge in [-0.15, -0.1) is 0 Å². The predicted molar refractivity (Wildman–Crippen MR) is 65.9 cm³/mol. The Morgan fingerprint density at radius 2 is 1.90 bits per heavy atom. The summed E-state index contributed by atoms with van der Waals surface area (Å²) in [5, 5.41) is 5.11. The zero-order valence-corrected chi connectivity index (χ0v) is 11.2. The van der Waals surface area contributed by atoms with E-state index in [0.29, 0.717) is 12.3 Å². The van der Waals surface area contributed by atoms with E-state index in [4.69, 9.17) is 0 Å². The molecule has 0 aromatic heterocycles. The van der Waals surface area contributed by atoms with Crippen molar-refractivity contribution >= 4 is 5.91 Å². The Morgan fingerprint density at radius 1 is 1.20 bits per heavy atom. The first-order chi connectivity index (χ1) is 9.40. The number of rotatable bonds is 4. The summed E-state index contributed by atoms with van der Waals surface area (Å²) in [6.07, 6.45) is 2.13. The zero-order valence-electron chi connectivity index (χ0n) is 11.2. The molecule has 1 aliphatic heterocycles. The molecule has 1 aliphatic carbocycles. The molecule has 0 spiro atoms. The van der Waals surface area contributed by atoms with Crippen molar-refractivity contribution in [3.8, 4) is 0 Å². The van der Waals surface area contributed by atoms with Crippen LogP contribution in [0.5, 0.6) is 0 Å². The average Bonchev–Trinajstić information content (AvgIpc) is 2.44. The molecule has 3 nitrogen and oxygen atoms in total. The highest BCUT2D eigenvalue weighted by molar-refractivity contribution is 5.81. The molecule has 1 saturated heterocycles. The van der Waals surface area contributed by atoms with Gasteiger partial charge in [-0.25, -0.2) is 8.78 Å². The number of halogens is 4. The van der Waals surface area contributed by atoms with Gasteiger partial charge in [0.15, 0.2) is 0 Å². The van der Waals surface area contributed by atoms with E-state index in [-0.39, 0.29) is 6.04 Å². The van der Waals surface area contributed by atoms with Gasteiger partial charge in [0.05, 0.1) is 12.6 Å². The highest BCUT2D eigenvalue weighted by Crippen LogP contribution is 2.32. The first-order valence-electron chi connectivity index (χ1n) is 7.10. The molecule has 116 valence electrons. The maximum absolute atomic E-state index is 12.8. The second-order valence-electron chi connectivity index (χ2n) is 5.73. The second-order valence-corrected chi connectivity index (χ2v) is 5.73. The molecule has 2 N–H and O–H groups in total. The fourth-order valence-corrected chi connectivity index (χ4v) is 3.11. The van der Waals surface area contributed by atoms with Gasteiger partial charge in [-0.2, -0.15) is 8.78 Å². The van der Waals surface area contributed by atoms with Crippen molar-refractivity contribution in [2.75, 3.05) is 6.54 Å². The standard InChI is InChI=1S/C13H20F4N2O/c14-12(15)13(16,17)7-18-11(20)10-6-5-8-3-1-2-4-9(8)19-10/h8-10,12,19H,1-7H2,(H,18,20). The van der Waals surface area contributed by atoms with Gasteiger partial charge < -0.3 is 10.6 Å². The Balaban J connectivity index is 1.81. The van der Waals surface area contributed by atoms with Gasteiger partial charge in [-0.1, -0.05) is 12.8 Å². The van der Waals surface area contributed by atoms with E-state index < -0.39 is 30.8 Å². The minimum Gasteiger partial charge on any atom is -0.348 e. The first kappa shape index (κ1) is 15.5. The maximum Gasteiger partial charge on any atom is 0.324 e. The SMILES string of the molecule is O=C(NCC(F)(F)C(F)F)C1CCC2CCCCC2N1. The first-order valence-corrected chi connectivity index (χ1v) is 7.10. The fourth-order valence-electron chi connectivity index (χ4n) is 3.11. The summed E-state index contributed by atoms with van der Waals surface area (Å²) in [6, 6.07) is -0.285. The summed E-state index contributed by atoms with van der Waals surface area (Å²) in [7, 11) is 0. The Labute approximate surface area is 115 Å². The normalized spacial score (nSPS) is 30.9. The van der Waals surface area contributed by atoms with Crippen molar-refractivity contribution in [1.82, 2.24) is 10.6 Å². The van der Waals surface area contributed by atoms with E-state index >= 15 is 0 Å². The van der Waals surface area contributed by atoms with Crippen LogP contribution in [0.2, 0.25) is 0 Å². The third-order valence-corrected chi connectivity index (χ3v) is 4.28. The van der Waals surface area contributed by atoms with E-state index in [9.17, 15) is 22.4 Å². The van der Waals surface area contributed by atoms with Crippen molar-refractivity contribution in [2.45, 2.75) is 63.0 Å². The van der Waals surface area contributed by atoms with Gasteiger partial charge >= 0.3 is 12.3 Å². The third kappa shape index (κ3) is 3.62. The van der Waals surface area contributed by atoms with Crippen LogP contribution in [0.4, 0.5) is 17.6 Å². The lowest BCUT2D eigenvalue weighted by atomic mass is 9.77. The van der Waals surface area contributed by atoms with Crippen LogP contribution in [0.1, 0.15) is 38.5 Å². The number of amides is 1. The van der Waals surface area contributed by atoms with Crippen molar-refractivity contribution < 1.29 is 22.4 Å². The van der Waals surface area contributed by atoms with Crippen LogP contribution in [0.25, 0.3) is 0 Å². The second kappa shape index (κ2) is 6.28. The lowest BCUT2D eigenvalue weighted by Gasteiger charge is -2.40. The molecular weight excluding hydrogens is 276 g/mol. The molecule has 0 aromatic rings. The van der Waals surface area contributed by atoms with Crippen molar-refractivity contribution in [2.24, 2.45) is 5.92 Å². The highest BCUT2D eigenvalue weighted by atomic mass is 19.3. The molecule has 3 atom stereocenters. The predicted octanol–water partition coefficient (Wildman–Crippen LogP) is 2.31. The molecule has 2 rings (SSSR count). The molecular formula is C13H20F4N2O. The summed E-state index contributed by atoms with van der Waals surface area (Å²) >= 11 is 0. The number of alkyl halides is 4. The Kier molecular flexibility index (Phi) is 4.88. The molecule has 2 aliphatic rings. The van der Waals surface area contributed by atoms with Crippen LogP contribution in [0, 0.1) is 5.92 Å². The van der Waals surface area contributed by atoms with Crippen molar-refractivity contribution in [3.63, 3.8) is 0 Å². The Morgan fingerprint density at radius 3 is 2.60 bits per heavy atom. The van der Waals surface area contributed by atoms with Gasteiger partial charge in [0.1, 0.15) is 0 Å². The number of carbonyl (C=O) groups is 1. The van der Waals surface area contributed by atoms with Crippen LogP contribution in [-0.4, -0.2) is 36.9 Å². The van der Waals surface area contributed by atoms with Crippen LogP contribution in [-0.2, 0) is 4.79 Å². The van der Waals surface area contributed by atoms with Gasteiger partial charge in [-0.3, -0.25) is 4.79 Å². The molecule has 0 bridgehead atoms. The Hall–Kier alpha value is -0.850. The number of piperidine rings is 1. The molecule has 2 fully saturated rings. The van der Waals surface area contributed by atoms with E-state index in [1.54, 1.807) is 0 Å². The quantitative estimate of drug-likeness (QED) is 0.782. The average molecular weight is 296 g/mol. The zero-order chi connectivity index (χ0) is 14.8. The van der Waals surface area contributed by atoms with Gasteiger partial charge in [-0.05, 0) is 31.6 Å². The van der Waals surface area contributed by atoms with E-state index in [0.717, 1.165) is 25.7 Å². The smallest absolute Gasteiger partial charge is 0.324 e. The molecule has 1 heterocycles. The topological polar surface area (TPSA) is 41.1 Å². The maximum atomic E-state index is 12.8. The molecule has 20 heavy (non-hydrogen) atoms. The molecule has 0 radical (unpaired) electrons. The summed E-state index contributed by atoms with van der Waals surface area (Å²) in [4.78, 5) is 11.8. The molecule has 7 heteroatoms. The largest absolute Gasteiger partial charge is 0.348 e. The lowest BCUT2D eigenvalue weighted by Crippen LogP contribution is -2.56.